The number of anilines is 3. The van der Waals surface area contributed by atoms with Gasteiger partial charge in [0.25, 0.3) is 0 Å². The van der Waals surface area contributed by atoms with Crippen LogP contribution in [-0.2, 0) is 5.41 Å². The van der Waals surface area contributed by atoms with E-state index < -0.39 is 0 Å². The summed E-state index contributed by atoms with van der Waals surface area (Å²) in [5.41, 5.74) is 20.4. The normalized spacial score (nSPS) is 13.5. The van der Waals surface area contributed by atoms with Crippen LogP contribution in [0.1, 0.15) is 47.6 Å². The number of nitrogens with zero attached hydrogens (tertiary/aromatic N) is 1. The second-order valence-corrected chi connectivity index (χ2v) is 14.9. The minimum Gasteiger partial charge on any atom is -0.310 e. The Kier molecular flexibility index (Phi) is 7.30. The number of fused-ring (bicyclic) bond motifs is 6. The molecule has 0 aliphatic heterocycles. The molecule has 1 heteroatoms. The highest BCUT2D eigenvalue weighted by atomic mass is 15.1. The van der Waals surface area contributed by atoms with Gasteiger partial charge in [0.05, 0.1) is 0 Å². The lowest BCUT2D eigenvalue weighted by Crippen LogP contribution is -2.17. The van der Waals surface area contributed by atoms with Crippen molar-refractivity contribution in [2.24, 2.45) is 0 Å². The zero-order valence-corrected chi connectivity index (χ0v) is 30.0. The summed E-state index contributed by atoms with van der Waals surface area (Å²) in [5.74, 6) is 0.232. The van der Waals surface area contributed by atoms with Crippen LogP contribution in [0.3, 0.4) is 0 Å². The van der Waals surface area contributed by atoms with E-state index in [1.54, 1.807) is 0 Å². The molecule has 2 aliphatic rings. The number of rotatable bonds is 6. The molecule has 0 unspecified atom stereocenters. The third-order valence-corrected chi connectivity index (χ3v) is 11.6. The van der Waals surface area contributed by atoms with Crippen molar-refractivity contribution in [3.8, 4) is 44.5 Å². The molecule has 0 atom stereocenters. The molecule has 1 nitrogen and oxygen atoms in total. The molecule has 252 valence electrons. The first-order chi connectivity index (χ1) is 26.0. The van der Waals surface area contributed by atoms with E-state index in [-0.39, 0.29) is 11.3 Å². The Labute approximate surface area is 312 Å². The van der Waals surface area contributed by atoms with Crippen LogP contribution in [-0.4, -0.2) is 0 Å². The molecule has 53 heavy (non-hydrogen) atoms. The molecule has 0 radical (unpaired) electrons. The maximum Gasteiger partial charge on any atom is 0.0465 e. The fraction of sp³-hybridized carbons (Fsp3) is 0.0769. The predicted molar refractivity (Wildman–Crippen MR) is 222 cm³/mol. The molecule has 8 aromatic rings. The van der Waals surface area contributed by atoms with E-state index >= 15 is 0 Å². The summed E-state index contributed by atoms with van der Waals surface area (Å²) in [6, 6.07) is 71.4. The molecule has 0 heterocycles. The van der Waals surface area contributed by atoms with Crippen molar-refractivity contribution >= 4 is 17.1 Å². The van der Waals surface area contributed by atoms with Crippen LogP contribution in [0.4, 0.5) is 17.1 Å². The van der Waals surface area contributed by atoms with Gasteiger partial charge in [0.2, 0.25) is 0 Å². The highest BCUT2D eigenvalue weighted by molar-refractivity contribution is 5.87. The third kappa shape index (κ3) is 5.15. The Morgan fingerprint density at radius 3 is 1.30 bits per heavy atom. The van der Waals surface area contributed by atoms with E-state index in [4.69, 9.17) is 0 Å². The quantitative estimate of drug-likeness (QED) is 0.169. The molecule has 0 saturated heterocycles. The van der Waals surface area contributed by atoms with E-state index in [1.807, 2.05) is 0 Å². The Bertz CT molecular complexity index is 2490. The molecule has 0 spiro atoms. The summed E-state index contributed by atoms with van der Waals surface area (Å²) in [6.07, 6.45) is 0. The van der Waals surface area contributed by atoms with Gasteiger partial charge in [0.15, 0.2) is 0 Å². The van der Waals surface area contributed by atoms with Gasteiger partial charge in [-0.25, -0.2) is 0 Å². The van der Waals surface area contributed by atoms with E-state index in [9.17, 15) is 0 Å². The molecular weight excluding hydrogens is 639 g/mol. The molecule has 0 N–H and O–H groups in total. The van der Waals surface area contributed by atoms with Crippen LogP contribution >= 0.6 is 0 Å². The van der Waals surface area contributed by atoms with Crippen LogP contribution in [0.2, 0.25) is 0 Å². The van der Waals surface area contributed by atoms with Crippen molar-refractivity contribution in [1.29, 1.82) is 0 Å². The lowest BCUT2D eigenvalue weighted by Gasteiger charge is -2.28. The summed E-state index contributed by atoms with van der Waals surface area (Å²) in [7, 11) is 0. The average Bonchev–Trinajstić information content (AvgIpc) is 3.67. The van der Waals surface area contributed by atoms with Crippen LogP contribution < -0.4 is 4.90 Å². The average molecular weight is 678 g/mol. The zero-order chi connectivity index (χ0) is 35.5. The second kappa shape index (κ2) is 12.4. The largest absolute Gasteiger partial charge is 0.310 e. The van der Waals surface area contributed by atoms with Gasteiger partial charge in [-0.2, -0.15) is 0 Å². The Hall–Kier alpha value is -6.44. The molecule has 0 aromatic heterocycles. The Balaban J connectivity index is 1.06. The Morgan fingerprint density at radius 2 is 0.774 bits per heavy atom. The summed E-state index contributed by atoms with van der Waals surface area (Å²) in [6.45, 7) is 4.80. The molecular formula is C52H39N. The maximum atomic E-state index is 2.50. The topological polar surface area (TPSA) is 3.24 Å². The van der Waals surface area contributed by atoms with Gasteiger partial charge in [-0.15, -0.1) is 0 Å². The van der Waals surface area contributed by atoms with Crippen LogP contribution in [0, 0.1) is 0 Å². The standard InChI is InChI=1S/C52H39N/c1-52(2)49-33-39(51-47-19-11-9-17-43(47)44-18-10-12-20-48(44)51)25-31-45(49)46-32-30-42(34-50(46)52)53(40-26-21-37(22-27-40)35-13-5-3-6-14-35)41-28-23-38(24-29-41)36-15-7-4-8-16-36/h3-34,51H,1-2H3. The minimum absolute atomic E-state index is 0.172. The number of benzene rings is 8. The maximum absolute atomic E-state index is 2.50. The molecule has 0 bridgehead atoms. The van der Waals surface area contributed by atoms with Crippen molar-refractivity contribution in [3.05, 3.63) is 222 Å². The van der Waals surface area contributed by atoms with Crippen LogP contribution in [0.15, 0.2) is 194 Å². The SMILES string of the molecule is CC1(C)c2cc(C3c4ccccc4-c4ccccc43)ccc2-c2ccc(N(c3ccc(-c4ccccc4)cc3)c3ccc(-c4ccccc4)cc3)cc21. The van der Waals surface area contributed by atoms with Crippen molar-refractivity contribution < 1.29 is 0 Å². The first kappa shape index (κ1) is 31.3. The lowest BCUT2D eigenvalue weighted by molar-refractivity contribution is 0.659. The molecule has 8 aromatic carbocycles. The fourth-order valence-electron chi connectivity index (χ4n) is 8.89. The predicted octanol–water partition coefficient (Wildman–Crippen LogP) is 14.0. The van der Waals surface area contributed by atoms with Gasteiger partial charge in [-0.05, 0) is 109 Å². The van der Waals surface area contributed by atoms with E-state index in [1.165, 1.54) is 72.3 Å². The highest BCUT2D eigenvalue weighted by Gasteiger charge is 2.38. The van der Waals surface area contributed by atoms with Gasteiger partial charge >= 0.3 is 0 Å². The summed E-state index contributed by atoms with van der Waals surface area (Å²) >= 11 is 0. The van der Waals surface area contributed by atoms with E-state index in [2.05, 4.69) is 213 Å². The van der Waals surface area contributed by atoms with Crippen LogP contribution in [0.5, 0.6) is 0 Å². The smallest absolute Gasteiger partial charge is 0.0465 e. The molecule has 2 aliphatic carbocycles. The van der Waals surface area contributed by atoms with Crippen molar-refractivity contribution in [3.63, 3.8) is 0 Å². The van der Waals surface area contributed by atoms with Crippen molar-refractivity contribution in [2.45, 2.75) is 25.2 Å². The van der Waals surface area contributed by atoms with Gasteiger partial charge in [0.1, 0.15) is 0 Å². The summed E-state index contributed by atoms with van der Waals surface area (Å²) < 4.78 is 0. The lowest BCUT2D eigenvalue weighted by atomic mass is 9.80. The molecule has 0 saturated carbocycles. The summed E-state index contributed by atoms with van der Waals surface area (Å²) in [4.78, 5) is 2.40. The van der Waals surface area contributed by atoms with Gasteiger partial charge in [-0.1, -0.05) is 172 Å². The second-order valence-electron chi connectivity index (χ2n) is 14.9. The number of hydrogen-bond acceptors (Lipinski definition) is 1. The fourth-order valence-corrected chi connectivity index (χ4v) is 8.89. The zero-order valence-electron chi connectivity index (χ0n) is 30.0. The third-order valence-electron chi connectivity index (χ3n) is 11.6. The molecule has 0 amide bonds. The van der Waals surface area contributed by atoms with Crippen molar-refractivity contribution in [1.82, 2.24) is 0 Å². The first-order valence-electron chi connectivity index (χ1n) is 18.6. The first-order valence-corrected chi connectivity index (χ1v) is 18.6. The number of hydrogen-bond donors (Lipinski definition) is 0. The van der Waals surface area contributed by atoms with E-state index in [0.29, 0.717) is 0 Å². The van der Waals surface area contributed by atoms with Gasteiger partial charge in [-0.3, -0.25) is 0 Å². The van der Waals surface area contributed by atoms with Crippen LogP contribution in [0.25, 0.3) is 44.5 Å². The monoisotopic (exact) mass is 677 g/mol. The minimum atomic E-state index is -0.172. The summed E-state index contributed by atoms with van der Waals surface area (Å²) in [5, 5.41) is 0. The highest BCUT2D eigenvalue weighted by Crippen LogP contribution is 2.54. The van der Waals surface area contributed by atoms with Gasteiger partial charge in [0, 0.05) is 28.4 Å². The van der Waals surface area contributed by atoms with Crippen molar-refractivity contribution in [2.75, 3.05) is 4.90 Å². The molecule has 10 rings (SSSR count). The Morgan fingerprint density at radius 1 is 0.358 bits per heavy atom. The van der Waals surface area contributed by atoms with E-state index in [0.717, 1.165) is 17.1 Å². The van der Waals surface area contributed by atoms with Gasteiger partial charge < -0.3 is 4.90 Å². The molecule has 0 fully saturated rings.